The molecule has 0 aliphatic rings. The average molecular weight is 360 g/mol. The number of carbonyl (C=O) groups excluding carboxylic acids is 2. The fourth-order valence-corrected chi connectivity index (χ4v) is 2.41. The normalized spacial score (nSPS) is 10.3. The first-order valence-corrected chi connectivity index (χ1v) is 7.97. The number of halogens is 1. The first-order chi connectivity index (χ1) is 10.6. The van der Waals surface area contributed by atoms with Gasteiger partial charge in [-0.15, -0.1) is 0 Å². The molecule has 114 valence electrons. The van der Waals surface area contributed by atoms with Crippen LogP contribution in [0.25, 0.3) is 0 Å². The van der Waals surface area contributed by atoms with E-state index >= 15 is 0 Å². The third kappa shape index (κ3) is 4.53. The van der Waals surface area contributed by atoms with Crippen LogP contribution in [-0.4, -0.2) is 18.7 Å². The number of Topliss-reactive ketones (excluding diaryl/α,β-unsaturated/α-hetero) is 1. The van der Waals surface area contributed by atoms with Crippen molar-refractivity contribution < 1.29 is 9.59 Å². The van der Waals surface area contributed by atoms with E-state index in [0.717, 1.165) is 10.2 Å². The lowest BCUT2D eigenvalue weighted by Crippen LogP contribution is -2.25. The highest BCUT2D eigenvalue weighted by Gasteiger charge is 2.12. The van der Waals surface area contributed by atoms with Gasteiger partial charge in [0.05, 0.1) is 0 Å². The van der Waals surface area contributed by atoms with Gasteiger partial charge >= 0.3 is 0 Å². The fraction of sp³-hybridized carbons (Fsp3) is 0.222. The van der Waals surface area contributed by atoms with E-state index in [2.05, 4.69) is 15.9 Å². The van der Waals surface area contributed by atoms with Crippen molar-refractivity contribution in [2.24, 2.45) is 0 Å². The maximum atomic E-state index is 12.1. The first kappa shape index (κ1) is 16.4. The molecule has 2 rings (SSSR count). The third-order valence-electron chi connectivity index (χ3n) is 3.48. The summed E-state index contributed by atoms with van der Waals surface area (Å²) in [7, 11) is 1.76. The number of benzene rings is 2. The Bertz CT molecular complexity index is 638. The van der Waals surface area contributed by atoms with Crippen molar-refractivity contribution in [3.63, 3.8) is 0 Å². The molecule has 0 unspecified atom stereocenters. The van der Waals surface area contributed by atoms with Gasteiger partial charge < -0.3 is 4.90 Å². The lowest BCUT2D eigenvalue weighted by Gasteiger charge is -2.17. The number of amides is 1. The summed E-state index contributed by atoms with van der Waals surface area (Å²) in [5, 5.41) is 0. The van der Waals surface area contributed by atoms with E-state index in [9.17, 15) is 9.59 Å². The van der Waals surface area contributed by atoms with E-state index in [1.54, 1.807) is 24.1 Å². The highest BCUT2D eigenvalue weighted by molar-refractivity contribution is 9.10. The quantitative estimate of drug-likeness (QED) is 0.713. The van der Waals surface area contributed by atoms with Crippen LogP contribution >= 0.6 is 15.9 Å². The zero-order valence-electron chi connectivity index (χ0n) is 12.5. The van der Waals surface area contributed by atoms with Gasteiger partial charge in [-0.2, -0.15) is 0 Å². The topological polar surface area (TPSA) is 37.4 Å². The molecular formula is C18H18BrNO2. The van der Waals surface area contributed by atoms with Crippen LogP contribution in [0.15, 0.2) is 59.1 Å². The molecule has 0 bridgehead atoms. The van der Waals surface area contributed by atoms with Crippen molar-refractivity contribution in [2.45, 2.75) is 19.3 Å². The van der Waals surface area contributed by atoms with Gasteiger partial charge in [0.25, 0.3) is 0 Å². The van der Waals surface area contributed by atoms with Gasteiger partial charge in [0.2, 0.25) is 5.91 Å². The molecule has 1 amide bonds. The Morgan fingerprint density at radius 3 is 2.23 bits per heavy atom. The third-order valence-corrected chi connectivity index (χ3v) is 4.01. The number of anilines is 1. The second-order valence-electron chi connectivity index (χ2n) is 5.07. The van der Waals surface area contributed by atoms with E-state index in [1.165, 1.54) is 0 Å². The molecule has 0 aromatic heterocycles. The molecular weight excluding hydrogens is 342 g/mol. The highest BCUT2D eigenvalue weighted by Crippen LogP contribution is 2.15. The number of hydrogen-bond acceptors (Lipinski definition) is 2. The Kier molecular flexibility index (Phi) is 5.90. The van der Waals surface area contributed by atoms with Crippen LogP contribution in [0.4, 0.5) is 5.69 Å². The molecule has 0 aliphatic heterocycles. The van der Waals surface area contributed by atoms with Gasteiger partial charge in [0, 0.05) is 35.6 Å². The van der Waals surface area contributed by atoms with Crippen molar-refractivity contribution in [3.8, 4) is 0 Å². The Morgan fingerprint density at radius 2 is 1.59 bits per heavy atom. The molecule has 0 radical (unpaired) electrons. The summed E-state index contributed by atoms with van der Waals surface area (Å²) in [5.41, 5.74) is 1.55. The Hall–Kier alpha value is -1.94. The molecule has 0 heterocycles. The van der Waals surface area contributed by atoms with Crippen LogP contribution in [0.2, 0.25) is 0 Å². The lowest BCUT2D eigenvalue weighted by molar-refractivity contribution is -0.118. The van der Waals surface area contributed by atoms with Crippen molar-refractivity contribution in [3.05, 3.63) is 64.6 Å². The molecule has 0 atom stereocenters. The molecule has 22 heavy (non-hydrogen) atoms. The molecule has 3 nitrogen and oxygen atoms in total. The molecule has 0 N–H and O–H groups in total. The molecule has 2 aromatic carbocycles. The van der Waals surface area contributed by atoms with Crippen LogP contribution < -0.4 is 4.90 Å². The van der Waals surface area contributed by atoms with E-state index in [1.807, 2.05) is 42.5 Å². The average Bonchev–Trinajstić information content (AvgIpc) is 2.55. The summed E-state index contributed by atoms with van der Waals surface area (Å²) in [6, 6.07) is 16.8. The van der Waals surface area contributed by atoms with Gasteiger partial charge in [0.15, 0.2) is 5.78 Å². The number of nitrogens with zero attached hydrogens (tertiary/aromatic N) is 1. The summed E-state index contributed by atoms with van der Waals surface area (Å²) in [4.78, 5) is 25.8. The molecule has 2 aromatic rings. The predicted octanol–water partition coefficient (Wildman–Crippen LogP) is 4.47. The minimum Gasteiger partial charge on any atom is -0.316 e. The van der Waals surface area contributed by atoms with Gasteiger partial charge in [-0.1, -0.05) is 46.3 Å². The Balaban J connectivity index is 1.82. The second-order valence-corrected chi connectivity index (χ2v) is 5.99. The second kappa shape index (κ2) is 7.90. The summed E-state index contributed by atoms with van der Waals surface area (Å²) >= 11 is 3.34. The molecule has 0 saturated heterocycles. The van der Waals surface area contributed by atoms with Crippen LogP contribution in [0.1, 0.15) is 29.6 Å². The van der Waals surface area contributed by atoms with Gasteiger partial charge in [-0.25, -0.2) is 0 Å². The van der Waals surface area contributed by atoms with E-state index < -0.39 is 0 Å². The summed E-state index contributed by atoms with van der Waals surface area (Å²) in [6.45, 7) is 0. The number of rotatable bonds is 6. The number of hydrogen-bond donors (Lipinski definition) is 0. The number of carbonyl (C=O) groups is 2. The summed E-state index contributed by atoms with van der Waals surface area (Å²) in [5.74, 6) is 0.0949. The minimum absolute atomic E-state index is 0.0230. The van der Waals surface area contributed by atoms with Gasteiger partial charge in [0.1, 0.15) is 0 Å². The van der Waals surface area contributed by atoms with E-state index in [4.69, 9.17) is 0 Å². The van der Waals surface area contributed by atoms with Crippen LogP contribution in [0, 0.1) is 0 Å². The van der Waals surface area contributed by atoms with Crippen molar-refractivity contribution in [1.29, 1.82) is 0 Å². The zero-order valence-corrected chi connectivity index (χ0v) is 14.0. The first-order valence-electron chi connectivity index (χ1n) is 7.18. The van der Waals surface area contributed by atoms with Gasteiger partial charge in [-0.3, -0.25) is 9.59 Å². The molecule has 0 fully saturated rings. The maximum Gasteiger partial charge on any atom is 0.226 e. The maximum absolute atomic E-state index is 12.1. The SMILES string of the molecule is CN(C(=O)CCCC(=O)c1ccc(Br)cc1)c1ccccc1. The van der Waals surface area contributed by atoms with Crippen LogP contribution in [0.5, 0.6) is 0 Å². The van der Waals surface area contributed by atoms with Gasteiger partial charge in [-0.05, 0) is 30.7 Å². The monoisotopic (exact) mass is 359 g/mol. The fourth-order valence-electron chi connectivity index (χ4n) is 2.14. The summed E-state index contributed by atoms with van der Waals surface area (Å²) < 4.78 is 0.948. The van der Waals surface area contributed by atoms with E-state index in [0.29, 0.717) is 24.8 Å². The van der Waals surface area contributed by atoms with Crippen molar-refractivity contribution >= 4 is 33.3 Å². The minimum atomic E-state index is 0.0230. The number of para-hydroxylation sites is 1. The predicted molar refractivity (Wildman–Crippen MR) is 92.2 cm³/mol. The lowest BCUT2D eigenvalue weighted by atomic mass is 10.1. The standard InChI is InChI=1S/C18H18BrNO2/c1-20(16-6-3-2-4-7-16)18(22)9-5-8-17(21)14-10-12-15(19)13-11-14/h2-4,6-7,10-13H,5,8-9H2,1H3. The Morgan fingerprint density at radius 1 is 0.955 bits per heavy atom. The van der Waals surface area contributed by atoms with Crippen LogP contribution in [-0.2, 0) is 4.79 Å². The molecule has 0 aliphatic carbocycles. The highest BCUT2D eigenvalue weighted by atomic mass is 79.9. The van der Waals surface area contributed by atoms with Crippen molar-refractivity contribution in [1.82, 2.24) is 0 Å². The van der Waals surface area contributed by atoms with E-state index in [-0.39, 0.29) is 11.7 Å². The molecule has 0 spiro atoms. The zero-order chi connectivity index (χ0) is 15.9. The summed E-state index contributed by atoms with van der Waals surface area (Å²) in [6.07, 6.45) is 1.31. The Labute approximate surface area is 139 Å². The molecule has 4 heteroatoms. The smallest absolute Gasteiger partial charge is 0.226 e. The molecule has 0 saturated carbocycles. The van der Waals surface area contributed by atoms with Crippen LogP contribution in [0.3, 0.4) is 0 Å². The van der Waals surface area contributed by atoms with Crippen molar-refractivity contribution in [2.75, 3.05) is 11.9 Å². The number of ketones is 1. The largest absolute Gasteiger partial charge is 0.316 e.